The van der Waals surface area contributed by atoms with Crippen LogP contribution in [0.3, 0.4) is 0 Å². The molecule has 8 heteroatoms. The third-order valence-corrected chi connectivity index (χ3v) is 2.74. The predicted octanol–water partition coefficient (Wildman–Crippen LogP) is 1.95. The first kappa shape index (κ1) is 13.9. The van der Waals surface area contributed by atoms with Crippen molar-refractivity contribution in [1.29, 1.82) is 0 Å². The van der Waals surface area contributed by atoms with E-state index in [0.29, 0.717) is 24.7 Å². The van der Waals surface area contributed by atoms with Crippen LogP contribution in [0.25, 0.3) is 5.82 Å². The maximum atomic E-state index is 11.1. The lowest BCUT2D eigenvalue weighted by Gasteiger charge is -2.08. The Kier molecular flexibility index (Phi) is 4.24. The molecule has 0 aliphatic rings. The Hall–Kier alpha value is -2.51. The maximum Gasteiger partial charge on any atom is 0.330 e. The molecule has 2 aromatic heterocycles. The number of anilines is 1. The molecule has 0 unspecified atom stereocenters. The monoisotopic (exact) mass is 276 g/mol. The van der Waals surface area contributed by atoms with Crippen molar-refractivity contribution in [3.8, 4) is 5.82 Å². The Balaban J connectivity index is 2.49. The number of aryl methyl sites for hydroxylation is 1. The van der Waals surface area contributed by atoms with Gasteiger partial charge in [-0.25, -0.2) is 9.97 Å². The average Bonchev–Trinajstić information content (AvgIpc) is 2.92. The first-order valence-electron chi connectivity index (χ1n) is 6.45. The van der Waals surface area contributed by atoms with E-state index < -0.39 is 4.92 Å². The second-order valence-corrected chi connectivity index (χ2v) is 4.15. The highest BCUT2D eigenvalue weighted by molar-refractivity contribution is 5.49. The largest absolute Gasteiger partial charge is 0.354 e. The number of nitrogens with zero attached hydrogens (tertiary/aromatic N) is 5. The Bertz CT molecular complexity index is 610. The molecule has 2 rings (SSSR count). The van der Waals surface area contributed by atoms with Crippen LogP contribution in [-0.4, -0.2) is 31.0 Å². The van der Waals surface area contributed by atoms with E-state index in [9.17, 15) is 10.1 Å². The van der Waals surface area contributed by atoms with Gasteiger partial charge in [-0.2, -0.15) is 4.98 Å². The summed E-state index contributed by atoms with van der Waals surface area (Å²) in [6.07, 6.45) is 6.06. The molecular weight excluding hydrogens is 260 g/mol. The van der Waals surface area contributed by atoms with Gasteiger partial charge in [0.1, 0.15) is 12.0 Å². The maximum absolute atomic E-state index is 11.1. The molecule has 0 spiro atoms. The van der Waals surface area contributed by atoms with E-state index in [1.807, 2.05) is 13.8 Å². The Labute approximate surface area is 116 Å². The summed E-state index contributed by atoms with van der Waals surface area (Å²) < 4.78 is 1.62. The van der Waals surface area contributed by atoms with Gasteiger partial charge in [-0.05, 0) is 6.42 Å². The fraction of sp³-hybridized carbons (Fsp3) is 0.417. The van der Waals surface area contributed by atoms with Gasteiger partial charge in [0.2, 0.25) is 11.8 Å². The SMILES string of the molecule is CCCNc1ncc([N+](=O)[O-])c(-n2ccnc2CC)n1. The van der Waals surface area contributed by atoms with Crippen molar-refractivity contribution >= 4 is 11.6 Å². The molecule has 0 saturated carbocycles. The minimum absolute atomic E-state index is 0.139. The lowest BCUT2D eigenvalue weighted by atomic mass is 10.4. The summed E-state index contributed by atoms with van der Waals surface area (Å²) in [6.45, 7) is 4.66. The van der Waals surface area contributed by atoms with Crippen LogP contribution in [0.2, 0.25) is 0 Å². The Morgan fingerprint density at radius 1 is 1.40 bits per heavy atom. The Morgan fingerprint density at radius 2 is 2.20 bits per heavy atom. The van der Waals surface area contributed by atoms with Crippen LogP contribution in [0.1, 0.15) is 26.1 Å². The molecule has 0 fully saturated rings. The van der Waals surface area contributed by atoms with Crippen LogP contribution in [0.5, 0.6) is 0 Å². The summed E-state index contributed by atoms with van der Waals surface area (Å²) in [7, 11) is 0. The van der Waals surface area contributed by atoms with Gasteiger partial charge in [-0.3, -0.25) is 14.7 Å². The summed E-state index contributed by atoms with van der Waals surface area (Å²) in [5.41, 5.74) is -0.139. The van der Waals surface area contributed by atoms with Gasteiger partial charge in [0.25, 0.3) is 0 Å². The molecule has 2 heterocycles. The zero-order valence-electron chi connectivity index (χ0n) is 11.4. The number of rotatable bonds is 6. The molecular formula is C12H16N6O2. The minimum atomic E-state index is -0.488. The number of aromatic nitrogens is 4. The lowest BCUT2D eigenvalue weighted by molar-refractivity contribution is -0.385. The van der Waals surface area contributed by atoms with E-state index in [0.717, 1.165) is 6.42 Å². The van der Waals surface area contributed by atoms with E-state index in [1.54, 1.807) is 17.0 Å². The van der Waals surface area contributed by atoms with Gasteiger partial charge >= 0.3 is 5.69 Å². The fourth-order valence-electron chi connectivity index (χ4n) is 1.78. The smallest absolute Gasteiger partial charge is 0.330 e. The van der Waals surface area contributed by atoms with Gasteiger partial charge in [0, 0.05) is 25.4 Å². The molecule has 8 nitrogen and oxygen atoms in total. The van der Waals surface area contributed by atoms with Gasteiger partial charge in [-0.1, -0.05) is 13.8 Å². The molecule has 0 saturated heterocycles. The molecule has 0 amide bonds. The van der Waals surface area contributed by atoms with E-state index in [1.165, 1.54) is 6.20 Å². The van der Waals surface area contributed by atoms with Gasteiger partial charge in [-0.15, -0.1) is 0 Å². The highest BCUT2D eigenvalue weighted by Crippen LogP contribution is 2.22. The normalized spacial score (nSPS) is 10.5. The topological polar surface area (TPSA) is 98.8 Å². The summed E-state index contributed by atoms with van der Waals surface area (Å²) >= 11 is 0. The first-order valence-corrected chi connectivity index (χ1v) is 6.45. The van der Waals surface area contributed by atoms with Crippen molar-refractivity contribution in [2.45, 2.75) is 26.7 Å². The highest BCUT2D eigenvalue weighted by Gasteiger charge is 2.20. The van der Waals surface area contributed by atoms with E-state index in [2.05, 4.69) is 20.3 Å². The van der Waals surface area contributed by atoms with E-state index >= 15 is 0 Å². The van der Waals surface area contributed by atoms with Crippen molar-refractivity contribution in [2.24, 2.45) is 0 Å². The first-order chi connectivity index (χ1) is 9.67. The third-order valence-electron chi connectivity index (χ3n) is 2.74. The van der Waals surface area contributed by atoms with E-state index in [4.69, 9.17) is 0 Å². The van der Waals surface area contributed by atoms with Crippen molar-refractivity contribution < 1.29 is 4.92 Å². The van der Waals surface area contributed by atoms with Crippen LogP contribution < -0.4 is 5.32 Å². The molecule has 20 heavy (non-hydrogen) atoms. The lowest BCUT2D eigenvalue weighted by Crippen LogP contribution is -2.10. The Morgan fingerprint density at radius 3 is 2.85 bits per heavy atom. The second kappa shape index (κ2) is 6.09. The molecule has 0 aromatic carbocycles. The summed E-state index contributed by atoms with van der Waals surface area (Å²) in [5, 5.41) is 14.1. The number of imidazole rings is 1. The fourth-order valence-corrected chi connectivity index (χ4v) is 1.78. The predicted molar refractivity (Wildman–Crippen MR) is 74.0 cm³/mol. The van der Waals surface area contributed by atoms with Gasteiger partial charge < -0.3 is 5.32 Å². The molecule has 106 valence electrons. The molecule has 0 radical (unpaired) electrons. The quantitative estimate of drug-likeness (QED) is 0.639. The number of nitrogens with one attached hydrogen (secondary N) is 1. The average molecular weight is 276 g/mol. The van der Waals surface area contributed by atoms with Crippen LogP contribution in [0.15, 0.2) is 18.6 Å². The van der Waals surface area contributed by atoms with Crippen LogP contribution in [0, 0.1) is 10.1 Å². The van der Waals surface area contributed by atoms with Gasteiger partial charge in [0.05, 0.1) is 4.92 Å². The summed E-state index contributed by atoms with van der Waals surface area (Å²) in [5.74, 6) is 1.33. The second-order valence-electron chi connectivity index (χ2n) is 4.15. The summed E-state index contributed by atoms with van der Waals surface area (Å²) in [4.78, 5) is 23.0. The standard InChI is InChI=1S/C12H16N6O2/c1-3-5-14-12-15-8-9(18(19)20)11(16-12)17-7-6-13-10(17)4-2/h6-8H,3-5H2,1-2H3,(H,14,15,16). The van der Waals surface area contributed by atoms with Crippen LogP contribution in [-0.2, 0) is 6.42 Å². The van der Waals surface area contributed by atoms with Crippen molar-refractivity contribution in [3.63, 3.8) is 0 Å². The number of nitro groups is 1. The molecule has 0 bridgehead atoms. The van der Waals surface area contributed by atoms with Gasteiger partial charge in [0.15, 0.2) is 0 Å². The van der Waals surface area contributed by atoms with E-state index in [-0.39, 0.29) is 11.5 Å². The molecule has 1 N–H and O–H groups in total. The van der Waals surface area contributed by atoms with Crippen molar-refractivity contribution in [2.75, 3.05) is 11.9 Å². The minimum Gasteiger partial charge on any atom is -0.354 e. The highest BCUT2D eigenvalue weighted by atomic mass is 16.6. The summed E-state index contributed by atoms with van der Waals surface area (Å²) in [6, 6.07) is 0. The zero-order valence-corrected chi connectivity index (χ0v) is 11.4. The van der Waals surface area contributed by atoms with Crippen molar-refractivity contribution in [3.05, 3.63) is 34.5 Å². The van der Waals surface area contributed by atoms with Crippen LogP contribution >= 0.6 is 0 Å². The zero-order chi connectivity index (χ0) is 14.5. The molecule has 0 aliphatic carbocycles. The number of hydrogen-bond donors (Lipinski definition) is 1. The number of hydrogen-bond acceptors (Lipinski definition) is 6. The van der Waals surface area contributed by atoms with Crippen LogP contribution in [0.4, 0.5) is 11.6 Å². The third kappa shape index (κ3) is 2.73. The molecule has 0 aliphatic heterocycles. The van der Waals surface area contributed by atoms with Crippen molar-refractivity contribution in [1.82, 2.24) is 19.5 Å². The molecule has 0 atom stereocenters. The molecule has 2 aromatic rings.